The zero-order chi connectivity index (χ0) is 36.4. The Morgan fingerprint density at radius 1 is 0.882 bits per heavy atom. The van der Waals surface area contributed by atoms with Crippen molar-refractivity contribution in [2.75, 3.05) is 52.0 Å². The van der Waals surface area contributed by atoms with Gasteiger partial charge in [-0.25, -0.2) is 4.79 Å². The SMILES string of the molecule is COc1ccc2c(c1)C(c1ccc(Cl)cc1)=N[C@@H](CC(=O)Nc1ccc(OCCOCCOCCNC(=O)OC(C)(C)C)cc1)c1nnc(C)n1-2. The number of nitrogens with zero attached hydrogens (tertiary/aromatic N) is 4. The van der Waals surface area contributed by atoms with E-state index in [9.17, 15) is 9.59 Å². The van der Waals surface area contributed by atoms with E-state index < -0.39 is 17.7 Å². The molecule has 0 radical (unpaired) electrons. The van der Waals surface area contributed by atoms with E-state index in [1.54, 1.807) is 31.4 Å². The number of nitrogens with one attached hydrogen (secondary N) is 2. The molecule has 1 atom stereocenters. The largest absolute Gasteiger partial charge is 0.497 e. The fraction of sp³-hybridized carbons (Fsp3) is 0.378. The van der Waals surface area contributed by atoms with Gasteiger partial charge in [0.1, 0.15) is 35.6 Å². The molecule has 0 spiro atoms. The average Bonchev–Trinajstić information content (AvgIpc) is 3.42. The zero-order valence-electron chi connectivity index (χ0n) is 29.4. The van der Waals surface area contributed by atoms with Crippen molar-refractivity contribution in [2.24, 2.45) is 4.99 Å². The number of anilines is 1. The number of hydrogen-bond acceptors (Lipinski definition) is 10. The Bertz CT molecular complexity index is 1820. The summed E-state index contributed by atoms with van der Waals surface area (Å²) in [6.45, 7) is 9.49. The molecule has 0 aliphatic carbocycles. The highest BCUT2D eigenvalue weighted by Crippen LogP contribution is 2.34. The van der Waals surface area contributed by atoms with Crippen molar-refractivity contribution in [2.45, 2.75) is 45.8 Å². The standard InChI is InChI=1S/C37H43ClN6O7/c1-24-42-43-35-31(41-34(25-6-8-26(38)9-7-25)30-22-29(47-5)14-15-32(30)44(24)35)23-33(45)40-27-10-12-28(13-11-27)50-21-20-49-19-18-48-17-16-39-36(46)51-37(2,3)4/h6-15,22,31H,16-21,23H2,1-5H3,(H,39,46)(H,40,45)/t31-/m0/s1. The summed E-state index contributed by atoms with van der Waals surface area (Å²) in [4.78, 5) is 30.2. The third kappa shape index (κ3) is 10.5. The van der Waals surface area contributed by atoms with Crippen LogP contribution in [-0.2, 0) is 19.0 Å². The first kappa shape index (κ1) is 37.3. The van der Waals surface area contributed by atoms with E-state index in [0.29, 0.717) is 79.1 Å². The van der Waals surface area contributed by atoms with Gasteiger partial charge in [-0.2, -0.15) is 0 Å². The summed E-state index contributed by atoms with van der Waals surface area (Å²) in [7, 11) is 1.62. The van der Waals surface area contributed by atoms with Crippen molar-refractivity contribution in [3.8, 4) is 17.2 Å². The molecule has 2 amide bonds. The van der Waals surface area contributed by atoms with Crippen LogP contribution in [0.1, 0.15) is 56.0 Å². The molecule has 1 aromatic heterocycles. The molecule has 13 nitrogen and oxygen atoms in total. The lowest BCUT2D eigenvalue weighted by Crippen LogP contribution is -2.34. The van der Waals surface area contributed by atoms with E-state index in [-0.39, 0.29) is 12.3 Å². The van der Waals surface area contributed by atoms with E-state index >= 15 is 0 Å². The average molecular weight is 719 g/mol. The quantitative estimate of drug-likeness (QED) is 0.139. The number of hydrogen-bond donors (Lipinski definition) is 2. The normalized spacial score (nSPS) is 13.7. The minimum Gasteiger partial charge on any atom is -0.497 e. The number of carbonyl (C=O) groups excluding carboxylic acids is 2. The Morgan fingerprint density at radius 3 is 2.27 bits per heavy atom. The summed E-state index contributed by atoms with van der Waals surface area (Å²) < 4.78 is 29.4. The van der Waals surface area contributed by atoms with Gasteiger partial charge in [-0.05, 0) is 82.3 Å². The predicted octanol–water partition coefficient (Wildman–Crippen LogP) is 6.10. The molecule has 0 bridgehead atoms. The summed E-state index contributed by atoms with van der Waals surface area (Å²) in [5, 5.41) is 15.0. The molecule has 2 N–H and O–H groups in total. The Labute approximate surface area is 302 Å². The van der Waals surface area contributed by atoms with E-state index in [4.69, 9.17) is 40.3 Å². The second-order valence-corrected chi connectivity index (χ2v) is 13.0. The van der Waals surface area contributed by atoms with E-state index in [2.05, 4.69) is 20.8 Å². The van der Waals surface area contributed by atoms with Crippen LogP contribution in [0.15, 0.2) is 71.7 Å². The number of alkyl carbamates (subject to hydrolysis) is 1. The lowest BCUT2D eigenvalue weighted by atomic mass is 10.00. The molecule has 5 rings (SSSR count). The number of ether oxygens (including phenoxy) is 5. The number of aryl methyl sites for hydroxylation is 1. The van der Waals surface area contributed by atoms with Gasteiger partial charge >= 0.3 is 6.09 Å². The molecular weight excluding hydrogens is 676 g/mol. The third-order valence-electron chi connectivity index (χ3n) is 7.55. The van der Waals surface area contributed by atoms with Gasteiger partial charge in [0, 0.05) is 28.4 Å². The van der Waals surface area contributed by atoms with Gasteiger partial charge in [0.25, 0.3) is 0 Å². The Morgan fingerprint density at radius 2 is 1.57 bits per heavy atom. The minimum atomic E-state index is -0.628. The Balaban J connectivity index is 1.13. The second-order valence-electron chi connectivity index (χ2n) is 12.6. The van der Waals surface area contributed by atoms with Gasteiger partial charge in [0.2, 0.25) is 5.91 Å². The van der Waals surface area contributed by atoms with Crippen LogP contribution in [0, 0.1) is 6.92 Å². The summed E-state index contributed by atoms with van der Waals surface area (Å²) >= 11 is 6.21. The van der Waals surface area contributed by atoms with Crippen LogP contribution in [0.4, 0.5) is 10.5 Å². The monoisotopic (exact) mass is 718 g/mol. The molecular formula is C37H43ClN6O7. The van der Waals surface area contributed by atoms with E-state index in [0.717, 1.165) is 16.8 Å². The molecule has 51 heavy (non-hydrogen) atoms. The zero-order valence-corrected chi connectivity index (χ0v) is 30.2. The number of amides is 2. The number of benzene rings is 3. The molecule has 0 fully saturated rings. The van der Waals surface area contributed by atoms with Crippen LogP contribution in [0.2, 0.25) is 5.02 Å². The molecule has 0 saturated heterocycles. The van der Waals surface area contributed by atoms with Gasteiger partial charge in [-0.3, -0.25) is 14.4 Å². The van der Waals surface area contributed by atoms with Crippen LogP contribution >= 0.6 is 11.6 Å². The molecule has 0 saturated carbocycles. The fourth-order valence-electron chi connectivity index (χ4n) is 5.28. The Hall–Kier alpha value is -4.98. The third-order valence-corrected chi connectivity index (χ3v) is 7.80. The smallest absolute Gasteiger partial charge is 0.407 e. The van der Waals surface area contributed by atoms with Crippen molar-refractivity contribution in [1.82, 2.24) is 20.1 Å². The van der Waals surface area contributed by atoms with Crippen LogP contribution in [0.3, 0.4) is 0 Å². The first-order valence-corrected chi connectivity index (χ1v) is 17.0. The molecule has 1 aliphatic rings. The number of carbonyl (C=O) groups is 2. The number of rotatable bonds is 15. The fourth-order valence-corrected chi connectivity index (χ4v) is 5.40. The van der Waals surface area contributed by atoms with Gasteiger partial charge < -0.3 is 34.3 Å². The van der Waals surface area contributed by atoms with Crippen LogP contribution in [0.5, 0.6) is 11.5 Å². The molecule has 3 aromatic carbocycles. The molecule has 0 unspecified atom stereocenters. The maximum atomic E-state index is 13.4. The number of methoxy groups -OCH3 is 1. The van der Waals surface area contributed by atoms with Crippen molar-refractivity contribution in [1.29, 1.82) is 0 Å². The van der Waals surface area contributed by atoms with Crippen molar-refractivity contribution >= 4 is 35.0 Å². The first-order chi connectivity index (χ1) is 24.5. The van der Waals surface area contributed by atoms with Crippen LogP contribution < -0.4 is 20.1 Å². The maximum absolute atomic E-state index is 13.4. The lowest BCUT2D eigenvalue weighted by Gasteiger charge is -2.19. The van der Waals surface area contributed by atoms with Crippen molar-refractivity contribution < 1.29 is 33.3 Å². The molecule has 2 heterocycles. The highest BCUT2D eigenvalue weighted by Gasteiger charge is 2.30. The first-order valence-electron chi connectivity index (χ1n) is 16.6. The topological polar surface area (TPSA) is 147 Å². The van der Waals surface area contributed by atoms with Crippen molar-refractivity contribution in [3.63, 3.8) is 0 Å². The molecule has 14 heteroatoms. The number of fused-ring (bicyclic) bond motifs is 3. The molecule has 270 valence electrons. The van der Waals surface area contributed by atoms with Gasteiger partial charge in [-0.15, -0.1) is 10.2 Å². The Kier molecular flexibility index (Phi) is 12.6. The summed E-state index contributed by atoms with van der Waals surface area (Å²) in [5.74, 6) is 2.31. The number of aliphatic imine (C=N–C) groups is 1. The number of aromatic nitrogens is 3. The highest BCUT2D eigenvalue weighted by molar-refractivity contribution is 6.30. The van der Waals surface area contributed by atoms with Crippen LogP contribution in [0.25, 0.3) is 5.69 Å². The predicted molar refractivity (Wildman–Crippen MR) is 194 cm³/mol. The molecule has 4 aromatic rings. The van der Waals surface area contributed by atoms with E-state index in [1.165, 1.54) is 0 Å². The van der Waals surface area contributed by atoms with Crippen molar-refractivity contribution in [3.05, 3.63) is 94.5 Å². The summed E-state index contributed by atoms with van der Waals surface area (Å²) in [6.07, 6.45) is -0.446. The van der Waals surface area contributed by atoms with Crippen LogP contribution in [-0.4, -0.2) is 84.8 Å². The van der Waals surface area contributed by atoms with Gasteiger partial charge in [0.05, 0.1) is 51.4 Å². The molecule has 1 aliphatic heterocycles. The van der Waals surface area contributed by atoms with Gasteiger partial charge in [0.15, 0.2) is 5.82 Å². The van der Waals surface area contributed by atoms with Gasteiger partial charge in [-0.1, -0.05) is 23.7 Å². The second kappa shape index (κ2) is 17.3. The highest BCUT2D eigenvalue weighted by atomic mass is 35.5. The van der Waals surface area contributed by atoms with E-state index in [1.807, 2.05) is 74.7 Å². The number of halogens is 1. The lowest BCUT2D eigenvalue weighted by molar-refractivity contribution is -0.116. The maximum Gasteiger partial charge on any atom is 0.407 e. The summed E-state index contributed by atoms with van der Waals surface area (Å²) in [6, 6.07) is 19.7. The minimum absolute atomic E-state index is 0.0277. The summed E-state index contributed by atoms with van der Waals surface area (Å²) in [5.41, 5.74) is 3.27.